The Morgan fingerprint density at radius 2 is 1.10 bits per heavy atom. The predicted octanol–water partition coefficient (Wildman–Crippen LogP) is 5.05. The van der Waals surface area contributed by atoms with Crippen LogP contribution in [-0.4, -0.2) is 137 Å². The van der Waals surface area contributed by atoms with Gasteiger partial charge in [0.1, 0.15) is 22.9 Å². The topological polar surface area (TPSA) is 327 Å². The molecule has 23 nitrogen and oxygen atoms in total. The Balaban J connectivity index is 0.000000281. The smallest absolute Gasteiger partial charge is 0.339 e. The van der Waals surface area contributed by atoms with E-state index in [9.17, 15) is 63.6 Å². The predicted molar refractivity (Wildman–Crippen MR) is 269 cm³/mol. The molecule has 3 heterocycles. The standard InChI is InChI=1S/C35H38O13.C20H23ClO10/c1-18(36)43-27-28(44-19(2)37)30(45-20(3)38)33(47-29(27)32(40)42-6)46-22-13-11-21(12-14-22)17-35(41)25-10-8-7-9-23(25)26-24(31(35)39)15-16-34(4,5)48-26;1-29-19(28)18-13(7-16(24)25)12(6-15(22)23)14(8-17(26)27)20(31-18)30-11-4-2-10(9-21)3-5-11/h7-14,27-30,33,41H,15-17H2,1-6H3;2-5,12-14,18,20H,6-9H2,1H3,(H,22,23)(H,24,25)(H,26,27)/t27-,28-,29-,30+,33+,35?;12-,13-,14+,18-,20+/m00/s1. The highest BCUT2D eigenvalue weighted by molar-refractivity contribution is 6.17. The number of hydrogen-bond acceptors (Lipinski definition) is 20. The van der Waals surface area contributed by atoms with E-state index < -0.39 is 145 Å². The van der Waals surface area contributed by atoms with Crippen molar-refractivity contribution in [2.45, 2.75) is 133 Å². The van der Waals surface area contributed by atoms with E-state index in [-0.39, 0.29) is 23.8 Å². The second-order valence-electron chi connectivity index (χ2n) is 19.6. The molecule has 3 aliphatic heterocycles. The van der Waals surface area contributed by atoms with Gasteiger partial charge in [-0.2, -0.15) is 0 Å². The van der Waals surface area contributed by atoms with Crippen LogP contribution in [-0.2, 0) is 98.9 Å². The van der Waals surface area contributed by atoms with E-state index in [2.05, 4.69) is 0 Å². The molecule has 3 aromatic rings. The largest absolute Gasteiger partial charge is 0.487 e. The molecule has 2 fully saturated rings. The van der Waals surface area contributed by atoms with Crippen LogP contribution in [0.2, 0.25) is 0 Å². The molecule has 426 valence electrons. The molecule has 0 bridgehead atoms. The van der Waals surface area contributed by atoms with Crippen LogP contribution >= 0.6 is 11.6 Å². The van der Waals surface area contributed by atoms with Crippen molar-refractivity contribution in [2.24, 2.45) is 17.8 Å². The number of aliphatic hydroxyl groups is 1. The summed E-state index contributed by atoms with van der Waals surface area (Å²) < 4.78 is 55.1. The number of halogens is 1. The van der Waals surface area contributed by atoms with Crippen molar-refractivity contribution in [3.05, 3.63) is 101 Å². The first kappa shape index (κ1) is 60.6. The molecule has 0 aromatic heterocycles. The molecule has 79 heavy (non-hydrogen) atoms. The molecule has 3 aromatic carbocycles. The van der Waals surface area contributed by atoms with Gasteiger partial charge in [-0.15, -0.1) is 11.6 Å². The summed E-state index contributed by atoms with van der Waals surface area (Å²) in [4.78, 5) is 109. The number of carboxylic acid groups (broad SMARTS) is 3. The highest BCUT2D eigenvalue weighted by Gasteiger charge is 2.57. The van der Waals surface area contributed by atoms with Crippen molar-refractivity contribution < 1.29 is 111 Å². The highest BCUT2D eigenvalue weighted by Crippen LogP contribution is 2.48. The van der Waals surface area contributed by atoms with Crippen molar-refractivity contribution >= 4 is 70.9 Å². The molecular weight excluding hydrogens is 1060 g/mol. The number of benzene rings is 3. The summed E-state index contributed by atoms with van der Waals surface area (Å²) in [5, 5.41) is 40.0. The van der Waals surface area contributed by atoms with Gasteiger partial charge in [0.25, 0.3) is 0 Å². The van der Waals surface area contributed by atoms with Gasteiger partial charge in [-0.05, 0) is 68.0 Å². The Morgan fingerprint density at radius 3 is 1.65 bits per heavy atom. The number of aliphatic carboxylic acids is 3. The highest BCUT2D eigenvalue weighted by atomic mass is 35.5. The second kappa shape index (κ2) is 25.9. The molecule has 1 unspecified atom stereocenters. The minimum absolute atomic E-state index is 0.0533. The Labute approximate surface area is 457 Å². The minimum atomic E-state index is -1.85. The average molecular weight is 1130 g/mol. The van der Waals surface area contributed by atoms with E-state index >= 15 is 0 Å². The van der Waals surface area contributed by atoms with Crippen molar-refractivity contribution in [3.8, 4) is 11.5 Å². The minimum Gasteiger partial charge on any atom is -0.487 e. The van der Waals surface area contributed by atoms with Crippen LogP contribution in [0.4, 0.5) is 0 Å². The zero-order valence-corrected chi connectivity index (χ0v) is 44.8. The Hall–Kier alpha value is -7.60. The van der Waals surface area contributed by atoms with E-state index in [4.69, 9.17) is 59.0 Å². The van der Waals surface area contributed by atoms with Crippen LogP contribution in [0, 0.1) is 17.8 Å². The van der Waals surface area contributed by atoms with E-state index in [1.165, 1.54) is 12.1 Å². The second-order valence-corrected chi connectivity index (χ2v) is 19.9. The first-order chi connectivity index (χ1) is 37.3. The van der Waals surface area contributed by atoms with Gasteiger partial charge < -0.3 is 67.8 Å². The lowest BCUT2D eigenvalue weighted by Crippen LogP contribution is -2.64. The van der Waals surface area contributed by atoms with Gasteiger partial charge in [-0.25, -0.2) is 9.59 Å². The van der Waals surface area contributed by atoms with E-state index in [0.717, 1.165) is 40.6 Å². The molecule has 0 amide bonds. The van der Waals surface area contributed by atoms with Crippen LogP contribution in [0.25, 0.3) is 5.76 Å². The molecule has 0 spiro atoms. The van der Waals surface area contributed by atoms with Gasteiger partial charge in [-0.1, -0.05) is 48.5 Å². The Kier molecular flexibility index (Phi) is 19.9. The summed E-state index contributed by atoms with van der Waals surface area (Å²) in [6.45, 7) is 7.21. The van der Waals surface area contributed by atoms with Gasteiger partial charge in [0.05, 0.1) is 27.1 Å². The molecule has 1 aliphatic carbocycles. The third-order valence-corrected chi connectivity index (χ3v) is 13.8. The molecular formula is C55H61ClO23. The van der Waals surface area contributed by atoms with E-state index in [1.54, 1.807) is 48.5 Å². The fraction of sp³-hybridized carbons (Fsp3) is 0.473. The van der Waals surface area contributed by atoms with Crippen molar-refractivity contribution in [1.29, 1.82) is 0 Å². The maximum Gasteiger partial charge on any atom is 0.339 e. The summed E-state index contributed by atoms with van der Waals surface area (Å²) in [6.07, 6.45) is -11.1. The van der Waals surface area contributed by atoms with Crippen LogP contribution < -0.4 is 9.47 Å². The maximum absolute atomic E-state index is 13.8. The van der Waals surface area contributed by atoms with E-state index in [0.29, 0.717) is 40.9 Å². The third-order valence-electron chi connectivity index (χ3n) is 13.5. The Morgan fingerprint density at radius 1 is 0.620 bits per heavy atom. The number of carbonyl (C=O) groups is 9. The number of Topliss-reactive ketones (excluding diaryl/α,β-unsaturated/α-hetero) is 1. The molecule has 7 rings (SSSR count). The third kappa shape index (κ3) is 14.8. The lowest BCUT2D eigenvalue weighted by molar-refractivity contribution is -0.282. The van der Waals surface area contributed by atoms with Gasteiger partial charge in [0.2, 0.25) is 18.7 Å². The number of ether oxygens (including phenoxy) is 10. The van der Waals surface area contributed by atoms with Crippen LogP contribution in [0.3, 0.4) is 0 Å². The molecule has 11 atom stereocenters. The maximum atomic E-state index is 13.8. The lowest BCUT2D eigenvalue weighted by Gasteiger charge is -2.44. The Bertz CT molecular complexity index is 2810. The lowest BCUT2D eigenvalue weighted by atomic mass is 9.71. The van der Waals surface area contributed by atoms with Crippen LogP contribution in [0.1, 0.15) is 89.0 Å². The van der Waals surface area contributed by atoms with Gasteiger partial charge >= 0.3 is 47.8 Å². The molecule has 24 heteroatoms. The quantitative estimate of drug-likeness (QED) is 0.0736. The van der Waals surface area contributed by atoms with Gasteiger partial charge in [-0.3, -0.25) is 33.6 Å². The van der Waals surface area contributed by atoms with Crippen molar-refractivity contribution in [1.82, 2.24) is 0 Å². The van der Waals surface area contributed by atoms with Crippen LogP contribution in [0.5, 0.6) is 11.5 Å². The van der Waals surface area contributed by atoms with Gasteiger partial charge in [0, 0.05) is 68.0 Å². The van der Waals surface area contributed by atoms with Gasteiger partial charge in [0.15, 0.2) is 35.8 Å². The fourth-order valence-electron chi connectivity index (χ4n) is 10.00. The summed E-state index contributed by atoms with van der Waals surface area (Å²) in [6, 6.07) is 20.0. The molecule has 4 N–H and O–H groups in total. The molecule has 4 aliphatic rings. The van der Waals surface area contributed by atoms with Crippen LogP contribution in [0.15, 0.2) is 78.4 Å². The zero-order chi connectivity index (χ0) is 58.1. The molecule has 0 radical (unpaired) electrons. The SMILES string of the molecule is COC(=O)[C@H]1O[C@@H](Oc2ccc(CC3(O)C(=O)C4=C(OC(C)(C)CC4)c4ccccc43)cc2)[C@H](OC(C)=O)[C@@H](OC(C)=O)[C@@H]1OC(C)=O.COC(=O)[C@H]1O[C@@H](Oc2ccc(CCl)cc2)[C@H](CC(=O)O)[C@@H](CC(=O)O)[C@@H]1CC(=O)O. The fourth-order valence-corrected chi connectivity index (χ4v) is 10.2. The first-order valence-electron chi connectivity index (χ1n) is 24.8. The monoisotopic (exact) mass is 1120 g/mol. The summed E-state index contributed by atoms with van der Waals surface area (Å²) >= 11 is 5.76. The summed E-state index contributed by atoms with van der Waals surface area (Å²) in [7, 11) is 2.17. The first-order valence-corrected chi connectivity index (χ1v) is 25.3. The summed E-state index contributed by atoms with van der Waals surface area (Å²) in [5.74, 6) is -10.5. The normalized spacial score (nSPS) is 26.6. The van der Waals surface area contributed by atoms with Crippen molar-refractivity contribution in [3.63, 3.8) is 0 Å². The number of esters is 5. The number of carboxylic acids is 3. The molecule has 2 saturated heterocycles. The number of rotatable bonds is 18. The van der Waals surface area contributed by atoms with Crippen molar-refractivity contribution in [2.75, 3.05) is 14.2 Å². The molecule has 0 saturated carbocycles. The number of alkyl halides is 1. The number of ketones is 1. The average Bonchev–Trinajstić information content (AvgIpc) is 3.58. The number of hydrogen-bond donors (Lipinski definition) is 4. The number of methoxy groups -OCH3 is 2. The van der Waals surface area contributed by atoms with E-state index in [1.807, 2.05) is 26.0 Å². The zero-order valence-electron chi connectivity index (χ0n) is 44.1. The number of fused-ring (bicyclic) bond motifs is 2. The summed E-state index contributed by atoms with van der Waals surface area (Å²) in [5.41, 5.74) is 0.656. The number of carbonyl (C=O) groups excluding carboxylic acids is 6.